The van der Waals surface area contributed by atoms with Crippen LogP contribution in [0.3, 0.4) is 0 Å². The highest BCUT2D eigenvalue weighted by Gasteiger charge is 2.10. The molecule has 3 nitrogen and oxygen atoms in total. The number of hydrogen-bond acceptors (Lipinski definition) is 2. The van der Waals surface area contributed by atoms with Crippen molar-refractivity contribution >= 4 is 5.91 Å². The quantitative estimate of drug-likeness (QED) is 0.629. The van der Waals surface area contributed by atoms with E-state index in [-0.39, 0.29) is 18.1 Å². The van der Waals surface area contributed by atoms with Crippen LogP contribution in [0.1, 0.15) is 20.8 Å². The maximum Gasteiger partial charge on any atom is 0.217 e. The van der Waals surface area contributed by atoms with Crippen LogP contribution in [0.4, 0.5) is 0 Å². The highest BCUT2D eigenvalue weighted by Crippen LogP contribution is 1.94. The number of carbonyl (C=O) groups is 1. The Labute approximate surface area is 61.8 Å². The van der Waals surface area contributed by atoms with E-state index in [4.69, 9.17) is 4.74 Å². The smallest absolute Gasteiger partial charge is 0.217 e. The van der Waals surface area contributed by atoms with E-state index >= 15 is 0 Å². The summed E-state index contributed by atoms with van der Waals surface area (Å²) in [5.41, 5.74) is 0. The number of rotatable bonds is 3. The summed E-state index contributed by atoms with van der Waals surface area (Å²) in [5, 5.41) is 2.73. The van der Waals surface area contributed by atoms with Crippen molar-refractivity contribution in [2.45, 2.75) is 32.9 Å². The molecule has 0 spiro atoms. The predicted molar refractivity (Wildman–Crippen MR) is 39.7 cm³/mol. The first kappa shape index (κ1) is 9.43. The number of ether oxygens (including phenoxy) is 1. The molecular weight excluding hydrogens is 130 g/mol. The van der Waals surface area contributed by atoms with E-state index in [0.29, 0.717) is 0 Å². The Hall–Kier alpha value is -0.570. The molecule has 0 aliphatic carbocycles. The van der Waals surface area contributed by atoms with Gasteiger partial charge in [-0.3, -0.25) is 4.79 Å². The van der Waals surface area contributed by atoms with Crippen LogP contribution in [-0.4, -0.2) is 25.2 Å². The minimum absolute atomic E-state index is 0.0172. The van der Waals surface area contributed by atoms with Gasteiger partial charge in [0.15, 0.2) is 0 Å². The molecule has 0 aromatic carbocycles. The monoisotopic (exact) mass is 145 g/mol. The average molecular weight is 145 g/mol. The molecule has 0 radical (unpaired) electrons. The van der Waals surface area contributed by atoms with E-state index in [1.165, 1.54) is 6.92 Å². The van der Waals surface area contributed by atoms with Crippen molar-refractivity contribution in [1.29, 1.82) is 0 Å². The first-order valence-corrected chi connectivity index (χ1v) is 3.37. The van der Waals surface area contributed by atoms with Crippen LogP contribution in [0.5, 0.6) is 0 Å². The van der Waals surface area contributed by atoms with Gasteiger partial charge in [-0.05, 0) is 13.8 Å². The lowest BCUT2D eigenvalue weighted by Crippen LogP contribution is -2.39. The fourth-order valence-electron chi connectivity index (χ4n) is 0.642. The topological polar surface area (TPSA) is 38.3 Å². The predicted octanol–water partition coefficient (Wildman–Crippen LogP) is 0.546. The summed E-state index contributed by atoms with van der Waals surface area (Å²) < 4.78 is 5.00. The molecule has 0 saturated heterocycles. The highest BCUT2D eigenvalue weighted by molar-refractivity contribution is 5.73. The summed E-state index contributed by atoms with van der Waals surface area (Å²) in [6, 6.07) is 0.0856. The van der Waals surface area contributed by atoms with Crippen LogP contribution in [0.25, 0.3) is 0 Å². The van der Waals surface area contributed by atoms with Crippen LogP contribution in [0.2, 0.25) is 0 Å². The molecule has 0 bridgehead atoms. The fraction of sp³-hybridized carbons (Fsp3) is 0.857. The van der Waals surface area contributed by atoms with Gasteiger partial charge in [-0.2, -0.15) is 0 Å². The zero-order chi connectivity index (χ0) is 8.15. The molecule has 0 fully saturated rings. The van der Waals surface area contributed by atoms with Crippen LogP contribution in [0.15, 0.2) is 0 Å². The maximum atomic E-state index is 10.5. The molecule has 0 saturated carbocycles. The molecule has 0 heterocycles. The third-order valence-electron chi connectivity index (χ3n) is 1.51. The van der Waals surface area contributed by atoms with E-state index in [1.54, 1.807) is 7.11 Å². The normalized spacial score (nSPS) is 16.0. The molecule has 0 rings (SSSR count). The van der Waals surface area contributed by atoms with Crippen molar-refractivity contribution in [2.24, 2.45) is 0 Å². The van der Waals surface area contributed by atoms with Gasteiger partial charge >= 0.3 is 0 Å². The first-order valence-electron chi connectivity index (χ1n) is 3.37. The third-order valence-corrected chi connectivity index (χ3v) is 1.51. The Morgan fingerprint density at radius 1 is 1.50 bits per heavy atom. The summed E-state index contributed by atoms with van der Waals surface area (Å²) in [6.07, 6.45) is 0.0731. The SMILES string of the molecule is COC(C)C(C)NC(C)=O. The van der Waals surface area contributed by atoms with Crippen molar-refractivity contribution < 1.29 is 9.53 Å². The maximum absolute atomic E-state index is 10.5. The zero-order valence-electron chi connectivity index (χ0n) is 6.97. The van der Waals surface area contributed by atoms with Gasteiger partial charge in [-0.1, -0.05) is 0 Å². The second-order valence-electron chi connectivity index (χ2n) is 2.43. The Bertz CT molecular complexity index is 114. The summed E-state index contributed by atoms with van der Waals surface area (Å²) >= 11 is 0. The van der Waals surface area contributed by atoms with Gasteiger partial charge < -0.3 is 10.1 Å². The summed E-state index contributed by atoms with van der Waals surface area (Å²) in [5.74, 6) is -0.0172. The van der Waals surface area contributed by atoms with Gasteiger partial charge in [0.05, 0.1) is 12.1 Å². The fourth-order valence-corrected chi connectivity index (χ4v) is 0.642. The van der Waals surface area contributed by atoms with Gasteiger partial charge in [0, 0.05) is 14.0 Å². The van der Waals surface area contributed by atoms with Crippen LogP contribution in [-0.2, 0) is 9.53 Å². The summed E-state index contributed by atoms with van der Waals surface area (Å²) in [6.45, 7) is 5.33. The second kappa shape index (κ2) is 4.28. The number of methoxy groups -OCH3 is 1. The van der Waals surface area contributed by atoms with E-state index in [1.807, 2.05) is 13.8 Å². The van der Waals surface area contributed by atoms with Crippen molar-refractivity contribution in [2.75, 3.05) is 7.11 Å². The van der Waals surface area contributed by atoms with Gasteiger partial charge in [-0.25, -0.2) is 0 Å². The Morgan fingerprint density at radius 3 is 2.30 bits per heavy atom. The molecule has 0 aromatic rings. The molecular formula is C7H15NO2. The number of carbonyl (C=O) groups excluding carboxylic acids is 1. The average Bonchev–Trinajstić information content (AvgIpc) is 1.85. The van der Waals surface area contributed by atoms with E-state index in [9.17, 15) is 4.79 Å². The van der Waals surface area contributed by atoms with Gasteiger partial charge in [0.25, 0.3) is 0 Å². The lowest BCUT2D eigenvalue weighted by molar-refractivity contribution is -0.120. The van der Waals surface area contributed by atoms with Crippen molar-refractivity contribution in [1.82, 2.24) is 5.32 Å². The van der Waals surface area contributed by atoms with Crippen LogP contribution >= 0.6 is 0 Å². The van der Waals surface area contributed by atoms with Crippen molar-refractivity contribution in [3.8, 4) is 0 Å². The standard InChI is InChI=1S/C7H15NO2/c1-5(6(2)10-4)8-7(3)9/h5-6H,1-4H3,(H,8,9). The second-order valence-corrected chi connectivity index (χ2v) is 2.43. The molecule has 10 heavy (non-hydrogen) atoms. The molecule has 2 atom stereocenters. The van der Waals surface area contributed by atoms with Crippen LogP contribution < -0.4 is 5.32 Å². The van der Waals surface area contributed by atoms with Gasteiger partial charge in [0.2, 0.25) is 5.91 Å². The molecule has 3 heteroatoms. The molecule has 1 amide bonds. The zero-order valence-corrected chi connectivity index (χ0v) is 6.97. The van der Waals surface area contributed by atoms with Crippen molar-refractivity contribution in [3.63, 3.8) is 0 Å². The Balaban J connectivity index is 3.61. The first-order chi connectivity index (χ1) is 4.57. The van der Waals surface area contributed by atoms with Crippen LogP contribution in [0, 0.1) is 0 Å². The van der Waals surface area contributed by atoms with Crippen molar-refractivity contribution in [3.05, 3.63) is 0 Å². The molecule has 0 aliphatic rings. The molecule has 60 valence electrons. The van der Waals surface area contributed by atoms with E-state index in [2.05, 4.69) is 5.32 Å². The lowest BCUT2D eigenvalue weighted by Gasteiger charge is -2.18. The van der Waals surface area contributed by atoms with E-state index in [0.717, 1.165) is 0 Å². The Morgan fingerprint density at radius 2 is 2.00 bits per heavy atom. The molecule has 2 unspecified atom stereocenters. The summed E-state index contributed by atoms with van der Waals surface area (Å²) in [4.78, 5) is 10.5. The molecule has 0 aromatic heterocycles. The molecule has 0 aliphatic heterocycles. The van der Waals surface area contributed by atoms with Gasteiger partial charge in [0.1, 0.15) is 0 Å². The van der Waals surface area contributed by atoms with E-state index < -0.39 is 0 Å². The minimum Gasteiger partial charge on any atom is -0.380 e. The van der Waals surface area contributed by atoms with Gasteiger partial charge in [-0.15, -0.1) is 0 Å². The Kier molecular flexibility index (Phi) is 4.03. The highest BCUT2D eigenvalue weighted by atomic mass is 16.5. The molecule has 1 N–H and O–H groups in total. The number of nitrogens with one attached hydrogen (secondary N) is 1. The minimum atomic E-state index is -0.0172. The lowest BCUT2D eigenvalue weighted by atomic mass is 10.2. The largest absolute Gasteiger partial charge is 0.380 e. The summed E-state index contributed by atoms with van der Waals surface area (Å²) in [7, 11) is 1.63. The third kappa shape index (κ3) is 3.45. The number of hydrogen-bond donors (Lipinski definition) is 1. The number of amides is 1.